The van der Waals surface area contributed by atoms with E-state index in [1.54, 1.807) is 7.11 Å². The summed E-state index contributed by atoms with van der Waals surface area (Å²) in [7, 11) is 1.67. The van der Waals surface area contributed by atoms with Gasteiger partial charge in [-0.25, -0.2) is 0 Å². The highest BCUT2D eigenvalue weighted by molar-refractivity contribution is 6.08. The van der Waals surface area contributed by atoms with Gasteiger partial charge < -0.3 is 4.74 Å². The third-order valence-electron chi connectivity index (χ3n) is 4.12. The van der Waals surface area contributed by atoms with Crippen LogP contribution in [0.1, 0.15) is 15.9 Å². The minimum absolute atomic E-state index is 0.0605. The Morgan fingerprint density at radius 1 is 0.727 bits per heavy atom. The normalized spacial score (nSPS) is 11.1. The van der Waals surface area contributed by atoms with E-state index in [0.29, 0.717) is 0 Å². The van der Waals surface area contributed by atoms with Gasteiger partial charge in [-0.05, 0) is 39.1 Å². The van der Waals surface area contributed by atoms with Gasteiger partial charge in [0.05, 0.1) is 7.11 Å². The highest BCUT2D eigenvalue weighted by atomic mass is 16.5. The van der Waals surface area contributed by atoms with Crippen LogP contribution in [0.2, 0.25) is 0 Å². The van der Waals surface area contributed by atoms with E-state index in [1.807, 2.05) is 66.7 Å². The van der Waals surface area contributed by atoms with Crippen molar-refractivity contribution in [2.45, 2.75) is 0 Å². The van der Waals surface area contributed by atoms with Gasteiger partial charge in [0.1, 0.15) is 5.75 Å². The topological polar surface area (TPSA) is 26.3 Å². The number of benzene rings is 3. The van der Waals surface area contributed by atoms with Crippen molar-refractivity contribution in [3.05, 3.63) is 98.7 Å². The summed E-state index contributed by atoms with van der Waals surface area (Å²) in [5.41, 5.74) is 1.45. The molecule has 3 aromatic rings. The molecule has 106 valence electrons. The maximum atomic E-state index is 12.5. The molecule has 2 nitrogen and oxygen atoms in total. The first-order valence-corrected chi connectivity index (χ1v) is 7.20. The van der Waals surface area contributed by atoms with Crippen molar-refractivity contribution in [1.29, 1.82) is 0 Å². The Kier molecular flexibility index (Phi) is 2.83. The van der Waals surface area contributed by atoms with Crippen LogP contribution < -0.4 is 4.74 Å². The lowest BCUT2D eigenvalue weighted by Gasteiger charge is -2.08. The van der Waals surface area contributed by atoms with Gasteiger partial charge in [-0.2, -0.15) is 0 Å². The predicted octanol–water partition coefficient (Wildman–Crippen LogP) is 3.81. The Balaban J connectivity index is 1.86. The third-order valence-corrected chi connectivity index (χ3v) is 4.12. The molecule has 22 heavy (non-hydrogen) atoms. The van der Waals surface area contributed by atoms with E-state index < -0.39 is 0 Å². The molecule has 0 aromatic heterocycles. The van der Waals surface area contributed by atoms with Gasteiger partial charge in [0, 0.05) is 11.1 Å². The maximum Gasteiger partial charge on any atom is 0.193 e. The fourth-order valence-corrected chi connectivity index (χ4v) is 2.94. The third kappa shape index (κ3) is 1.85. The summed E-state index contributed by atoms with van der Waals surface area (Å²) >= 11 is 0. The lowest BCUT2D eigenvalue weighted by Crippen LogP contribution is -2.02. The van der Waals surface area contributed by atoms with E-state index >= 15 is 0 Å². The molecule has 4 rings (SSSR count). The summed E-state index contributed by atoms with van der Waals surface area (Å²) < 4.78 is 5.26. The molecule has 0 saturated carbocycles. The second-order valence-electron chi connectivity index (χ2n) is 5.37. The summed E-state index contributed by atoms with van der Waals surface area (Å²) in [5, 5.41) is 4.68. The standard InChI is InChI=1S/C20H14O2/c1-22-15-8-10-17-18-11-14(7-9-16(18)19(17)12-15)20(21)13-5-3-2-4-6-13/h2-12H,1H3. The molecule has 3 aromatic carbocycles. The molecule has 0 fully saturated rings. The van der Waals surface area contributed by atoms with Gasteiger partial charge in [-0.3, -0.25) is 4.79 Å². The number of hydrogen-bond donors (Lipinski definition) is 0. The van der Waals surface area contributed by atoms with Crippen LogP contribution in [0.25, 0.3) is 0 Å². The monoisotopic (exact) mass is 286 g/mol. The summed E-state index contributed by atoms with van der Waals surface area (Å²) in [5.74, 6) is 0.916. The average molecular weight is 286 g/mol. The van der Waals surface area contributed by atoms with Crippen LogP contribution >= 0.6 is 0 Å². The smallest absolute Gasteiger partial charge is 0.193 e. The first kappa shape index (κ1) is 12.8. The van der Waals surface area contributed by atoms with Crippen LogP contribution in [-0.2, 0) is 0 Å². The number of carbonyl (C=O) groups is 1. The largest absolute Gasteiger partial charge is 0.497 e. The quantitative estimate of drug-likeness (QED) is 0.535. The van der Waals surface area contributed by atoms with Crippen molar-refractivity contribution in [3.63, 3.8) is 0 Å². The van der Waals surface area contributed by atoms with Gasteiger partial charge in [0.2, 0.25) is 0 Å². The summed E-state index contributed by atoms with van der Waals surface area (Å²) in [4.78, 5) is 12.5. The number of fused-ring (bicyclic) bond motifs is 2. The summed E-state index contributed by atoms with van der Waals surface area (Å²) in [6.45, 7) is 0. The number of ether oxygens (including phenoxy) is 1. The van der Waals surface area contributed by atoms with Crippen molar-refractivity contribution >= 4 is 5.78 Å². The van der Waals surface area contributed by atoms with Gasteiger partial charge in [0.25, 0.3) is 0 Å². The first-order chi connectivity index (χ1) is 10.8. The van der Waals surface area contributed by atoms with Gasteiger partial charge in [0.15, 0.2) is 5.78 Å². The fourth-order valence-electron chi connectivity index (χ4n) is 2.94. The average Bonchev–Trinajstić information content (AvgIpc) is 2.59. The zero-order chi connectivity index (χ0) is 15.1. The molecule has 0 aliphatic heterocycles. The molecular weight excluding hydrogens is 272 g/mol. The molecule has 0 heterocycles. The van der Waals surface area contributed by atoms with Crippen molar-refractivity contribution in [3.8, 4) is 5.75 Å². The van der Waals surface area contributed by atoms with Gasteiger partial charge >= 0.3 is 0 Å². The highest BCUT2D eigenvalue weighted by Gasteiger charge is 2.11. The van der Waals surface area contributed by atoms with E-state index in [9.17, 15) is 4.79 Å². The number of hydrogen-bond acceptors (Lipinski definition) is 2. The second-order valence-corrected chi connectivity index (χ2v) is 5.37. The Bertz CT molecular complexity index is 1070. The Morgan fingerprint density at radius 2 is 1.41 bits per heavy atom. The van der Waals surface area contributed by atoms with E-state index in [2.05, 4.69) is 0 Å². The number of methoxy groups -OCH3 is 1. The zero-order valence-electron chi connectivity index (χ0n) is 12.2. The minimum Gasteiger partial charge on any atom is -0.497 e. The van der Waals surface area contributed by atoms with Crippen LogP contribution in [0.5, 0.6) is 5.75 Å². The van der Waals surface area contributed by atoms with Crippen LogP contribution in [0, 0.1) is 20.9 Å². The Hall–Kier alpha value is -2.87. The van der Waals surface area contributed by atoms with E-state index in [4.69, 9.17) is 4.74 Å². The second kappa shape index (κ2) is 4.85. The van der Waals surface area contributed by atoms with Crippen molar-refractivity contribution in [2.24, 2.45) is 0 Å². The number of rotatable bonds is 3. The van der Waals surface area contributed by atoms with Crippen molar-refractivity contribution < 1.29 is 9.53 Å². The molecule has 1 aliphatic carbocycles. The fraction of sp³-hybridized carbons (Fsp3) is 0.0500. The highest BCUT2D eigenvalue weighted by Crippen LogP contribution is 2.20. The molecule has 0 spiro atoms. The molecular formula is C20H14O2. The lowest BCUT2D eigenvalue weighted by molar-refractivity contribution is 0.103. The van der Waals surface area contributed by atoms with Crippen LogP contribution in [-0.4, -0.2) is 12.9 Å². The molecule has 0 unspecified atom stereocenters. The Morgan fingerprint density at radius 3 is 2.14 bits per heavy atom. The molecule has 0 amide bonds. The van der Waals surface area contributed by atoms with Crippen molar-refractivity contribution in [1.82, 2.24) is 0 Å². The number of carbonyl (C=O) groups excluding carboxylic acids is 1. The van der Waals surface area contributed by atoms with E-state index in [0.717, 1.165) is 22.1 Å². The van der Waals surface area contributed by atoms with Crippen LogP contribution in [0.15, 0.2) is 66.7 Å². The summed E-state index contributed by atoms with van der Waals surface area (Å²) in [6, 6.07) is 21.3. The zero-order valence-corrected chi connectivity index (χ0v) is 12.2. The molecule has 0 bridgehead atoms. The maximum absolute atomic E-state index is 12.5. The molecule has 0 saturated heterocycles. The Labute approximate surface area is 127 Å². The minimum atomic E-state index is 0.0605. The van der Waals surface area contributed by atoms with Crippen molar-refractivity contribution in [2.75, 3.05) is 7.11 Å². The predicted molar refractivity (Wildman–Crippen MR) is 84.7 cm³/mol. The van der Waals surface area contributed by atoms with Gasteiger partial charge in [-0.15, -0.1) is 0 Å². The first-order valence-electron chi connectivity index (χ1n) is 7.20. The number of ketones is 1. The van der Waals surface area contributed by atoms with E-state index in [-0.39, 0.29) is 5.78 Å². The van der Waals surface area contributed by atoms with Crippen LogP contribution in [0.3, 0.4) is 0 Å². The SMILES string of the molecule is COc1ccc2c(c1)=c1ccc(C(=O)c3ccccc3)cc1=2. The van der Waals surface area contributed by atoms with Crippen LogP contribution in [0.4, 0.5) is 0 Å². The molecule has 0 N–H and O–H groups in total. The molecule has 2 heteroatoms. The lowest BCUT2D eigenvalue weighted by atomic mass is 9.96. The van der Waals surface area contributed by atoms with Gasteiger partial charge in [-0.1, -0.05) is 48.5 Å². The summed E-state index contributed by atoms with van der Waals surface area (Å²) in [6.07, 6.45) is 0. The molecule has 1 aliphatic rings. The van der Waals surface area contributed by atoms with E-state index in [1.165, 1.54) is 15.7 Å². The molecule has 0 radical (unpaired) electrons. The molecule has 0 atom stereocenters.